The summed E-state index contributed by atoms with van der Waals surface area (Å²) in [6, 6.07) is 34.2. The molecule has 73 heavy (non-hydrogen) atoms. The molecule has 0 unspecified atom stereocenters. The van der Waals surface area contributed by atoms with Gasteiger partial charge in [-0.15, -0.1) is 34.9 Å². The second kappa shape index (κ2) is 22.3. The minimum atomic E-state index is -1.52. The zero-order chi connectivity index (χ0) is 52.0. The number of hydrogen-bond donors (Lipinski definition) is 5. The molecule has 23 heteroatoms. The van der Waals surface area contributed by atoms with Crippen LogP contribution in [-0.4, -0.2) is 99.8 Å². The average molecular weight is 1080 g/mol. The van der Waals surface area contributed by atoms with Crippen LogP contribution < -0.4 is 20.9 Å². The number of nitrogens with zero attached hydrogens (tertiary/aromatic N) is 3. The van der Waals surface area contributed by atoms with Crippen LogP contribution in [0.3, 0.4) is 0 Å². The van der Waals surface area contributed by atoms with E-state index in [1.807, 2.05) is 91.0 Å². The molecule has 0 aliphatic carbocycles. The molecule has 0 saturated carbocycles. The van der Waals surface area contributed by atoms with Crippen LogP contribution in [0.25, 0.3) is 0 Å². The highest BCUT2D eigenvalue weighted by molar-refractivity contribution is 8.02. The Bertz CT molecular complexity index is 3080. The van der Waals surface area contributed by atoms with Gasteiger partial charge in [0.25, 0.3) is 22.8 Å². The normalized spacial score (nSPS) is 16.1. The smallest absolute Gasteiger partial charge is 0.361 e. The molecule has 4 heterocycles. The van der Waals surface area contributed by atoms with Gasteiger partial charge in [0.15, 0.2) is 16.4 Å². The number of H-pyrrole nitrogens is 1. The standard InChI is InChI=1S/C50H44N6O12S5/c1-27(57)66-32-20-22-33(23-21-32)72-46(45(65)67-49(2,3)4)68-54-36(34-26-71-48(51-34)53-50(29-14-8-5-9-15-29,30-16-10-6-11-17-30)31-18-12-7-13-19-31)40(59)52-37-41(60)56-38(44(63)64)28(24-69-42(37)56)25-70-47-35(43(61)62)39(58)55-73-47/h5-23,26,37,42,46H,24-25H2,1-4H3,(H,51,53)(H,52,59)(H,55,58)(H,61,62)(H,63,64)/t37-,42+,46-/m1/s1. The van der Waals surface area contributed by atoms with Gasteiger partial charge >= 0.3 is 23.9 Å². The van der Waals surface area contributed by atoms with Gasteiger partial charge in [-0.3, -0.25) is 28.5 Å². The summed E-state index contributed by atoms with van der Waals surface area (Å²) >= 11 is 4.99. The van der Waals surface area contributed by atoms with Gasteiger partial charge < -0.3 is 35.2 Å². The minimum absolute atomic E-state index is 0.00935. The summed E-state index contributed by atoms with van der Waals surface area (Å²) in [5.74, 6) is -5.60. The van der Waals surface area contributed by atoms with Crippen molar-refractivity contribution in [1.82, 2.24) is 19.6 Å². The number of β-lactam (4-membered cyclic amide) rings is 1. The fourth-order valence-corrected chi connectivity index (χ4v) is 12.7. The van der Waals surface area contributed by atoms with Crippen molar-refractivity contribution in [2.24, 2.45) is 5.16 Å². The minimum Gasteiger partial charge on any atom is -0.477 e. The van der Waals surface area contributed by atoms with E-state index in [1.165, 1.54) is 30.8 Å². The van der Waals surface area contributed by atoms with Crippen molar-refractivity contribution in [3.05, 3.63) is 170 Å². The topological polar surface area (TPSA) is 256 Å². The molecule has 18 nitrogen and oxygen atoms in total. The number of amides is 2. The van der Waals surface area contributed by atoms with Crippen molar-refractivity contribution in [3.8, 4) is 5.75 Å². The number of oxime groups is 1. The number of hydrogen-bond acceptors (Lipinski definition) is 18. The van der Waals surface area contributed by atoms with Crippen molar-refractivity contribution < 1.29 is 53.3 Å². The van der Waals surface area contributed by atoms with Gasteiger partial charge in [-0.05, 0) is 67.3 Å². The van der Waals surface area contributed by atoms with E-state index in [1.54, 1.807) is 38.3 Å². The molecule has 2 amide bonds. The Morgan fingerprint density at radius 3 is 2.03 bits per heavy atom. The van der Waals surface area contributed by atoms with Crippen molar-refractivity contribution >= 4 is 105 Å². The summed E-state index contributed by atoms with van der Waals surface area (Å²) in [5, 5.41) is 31.6. The molecule has 6 aromatic rings. The number of aromatic nitrogens is 2. The number of carboxylic acid groups (broad SMARTS) is 2. The van der Waals surface area contributed by atoms with Gasteiger partial charge in [0.1, 0.15) is 39.7 Å². The molecule has 3 atom stereocenters. The van der Waals surface area contributed by atoms with E-state index in [4.69, 9.17) is 19.3 Å². The van der Waals surface area contributed by atoms with Gasteiger partial charge in [0.05, 0.1) is 4.21 Å². The lowest BCUT2D eigenvalue weighted by Crippen LogP contribution is -2.71. The first-order chi connectivity index (χ1) is 34.9. The van der Waals surface area contributed by atoms with E-state index in [0.717, 1.165) is 68.0 Å². The number of fused-ring (bicyclic) bond motifs is 1. The zero-order valence-electron chi connectivity index (χ0n) is 39.1. The first-order valence-electron chi connectivity index (χ1n) is 22.0. The zero-order valence-corrected chi connectivity index (χ0v) is 43.1. The van der Waals surface area contributed by atoms with E-state index < -0.39 is 80.5 Å². The molecule has 2 aromatic heterocycles. The third kappa shape index (κ3) is 11.7. The second-order valence-electron chi connectivity index (χ2n) is 17.0. The van der Waals surface area contributed by atoms with Crippen LogP contribution in [0, 0.1) is 0 Å². The van der Waals surface area contributed by atoms with Crippen molar-refractivity contribution in [3.63, 3.8) is 0 Å². The largest absolute Gasteiger partial charge is 0.477 e. The Labute approximate surface area is 437 Å². The summed E-state index contributed by atoms with van der Waals surface area (Å²) in [6.45, 7) is 6.27. The molecule has 2 aliphatic heterocycles. The van der Waals surface area contributed by atoms with E-state index >= 15 is 0 Å². The molecule has 0 bridgehead atoms. The number of thiazole rings is 1. The van der Waals surface area contributed by atoms with Crippen LogP contribution in [0.2, 0.25) is 0 Å². The Morgan fingerprint density at radius 1 is 0.877 bits per heavy atom. The maximum absolute atomic E-state index is 14.7. The fraction of sp³-hybridized carbons (Fsp3) is 0.220. The van der Waals surface area contributed by atoms with Crippen molar-refractivity contribution in [1.29, 1.82) is 0 Å². The number of carboxylic acids is 2. The molecular weight excluding hydrogens is 1040 g/mol. The monoisotopic (exact) mass is 1080 g/mol. The summed E-state index contributed by atoms with van der Waals surface area (Å²) in [6.07, 6.45) is 0. The van der Waals surface area contributed by atoms with Crippen LogP contribution in [0.4, 0.5) is 5.13 Å². The summed E-state index contributed by atoms with van der Waals surface area (Å²) in [7, 11) is 0. The van der Waals surface area contributed by atoms with Gasteiger partial charge in [0, 0.05) is 28.7 Å². The summed E-state index contributed by atoms with van der Waals surface area (Å²) < 4.78 is 13.4. The van der Waals surface area contributed by atoms with Gasteiger partial charge in [-0.25, -0.2) is 19.4 Å². The second-order valence-corrected chi connectivity index (χ2v) is 22.2. The lowest BCUT2D eigenvalue weighted by molar-refractivity contribution is -0.162. The van der Waals surface area contributed by atoms with E-state index in [0.29, 0.717) is 15.6 Å². The highest BCUT2D eigenvalue weighted by Gasteiger charge is 2.54. The number of rotatable bonds is 19. The SMILES string of the molecule is CC(=O)Oc1ccc(S[C@@H](ON=C(C(=O)N[C@@H]2C(=O)N3C(C(=O)O)=C(CSc4s[nH]c(=O)c4C(=O)O)CS[C@@H]23)c2csc(NC(c3ccccc3)(c3ccccc3)c3ccccc3)n2)C(=O)OC(C)(C)C)cc1. The van der Waals surface area contributed by atoms with Crippen LogP contribution in [0.15, 0.2) is 151 Å². The first-order valence-corrected chi connectivity index (χ1v) is 26.7. The molecule has 5 N–H and O–H groups in total. The number of aliphatic carboxylic acids is 1. The predicted molar refractivity (Wildman–Crippen MR) is 278 cm³/mol. The Balaban J connectivity index is 1.14. The highest BCUT2D eigenvalue weighted by atomic mass is 32.2. The fourth-order valence-electron chi connectivity index (χ4n) is 7.75. The lowest BCUT2D eigenvalue weighted by Gasteiger charge is -2.49. The van der Waals surface area contributed by atoms with E-state index in [9.17, 15) is 43.8 Å². The number of anilines is 1. The number of aromatic carboxylic acids is 1. The predicted octanol–water partition coefficient (Wildman–Crippen LogP) is 7.63. The molecule has 2 aliphatic rings. The van der Waals surface area contributed by atoms with Crippen LogP contribution in [0.5, 0.6) is 5.75 Å². The Morgan fingerprint density at radius 2 is 1.48 bits per heavy atom. The number of carbonyl (C=O) groups is 6. The molecule has 376 valence electrons. The highest BCUT2D eigenvalue weighted by Crippen LogP contribution is 2.43. The number of esters is 2. The molecule has 0 spiro atoms. The Kier molecular flexibility index (Phi) is 15.9. The molecule has 1 saturated heterocycles. The quantitative estimate of drug-likeness (QED) is 0.00763. The summed E-state index contributed by atoms with van der Waals surface area (Å²) in [4.78, 5) is 103. The number of ether oxygens (including phenoxy) is 2. The number of aromatic amines is 1. The van der Waals surface area contributed by atoms with E-state index in [-0.39, 0.29) is 32.9 Å². The maximum Gasteiger partial charge on any atom is 0.361 e. The lowest BCUT2D eigenvalue weighted by atomic mass is 9.77. The van der Waals surface area contributed by atoms with Crippen LogP contribution in [0.1, 0.15) is 60.4 Å². The van der Waals surface area contributed by atoms with Gasteiger partial charge in [0.2, 0.25) is 0 Å². The molecular formula is C50H44N6O12S5. The average Bonchev–Trinajstić information content (AvgIpc) is 3.99. The third-order valence-electron chi connectivity index (χ3n) is 10.8. The number of nitrogens with one attached hydrogen (secondary N) is 3. The number of benzene rings is 4. The van der Waals surface area contributed by atoms with Crippen LogP contribution >= 0.6 is 58.2 Å². The third-order valence-corrected chi connectivity index (χ3v) is 16.2. The molecule has 1 fully saturated rings. The molecule has 0 radical (unpaired) electrons. The van der Waals surface area contributed by atoms with Crippen molar-refractivity contribution in [2.75, 3.05) is 16.8 Å². The van der Waals surface area contributed by atoms with Gasteiger partial charge in [-0.1, -0.05) is 119 Å². The van der Waals surface area contributed by atoms with Crippen LogP contribution in [-0.2, 0) is 39.1 Å². The van der Waals surface area contributed by atoms with Gasteiger partial charge in [-0.2, -0.15) is 0 Å². The number of thioether (sulfide) groups is 3. The van der Waals surface area contributed by atoms with E-state index in [2.05, 4.69) is 20.2 Å². The maximum atomic E-state index is 14.7. The summed E-state index contributed by atoms with van der Waals surface area (Å²) in [5.41, 5.74) is -2.61. The molecule has 8 rings (SSSR count). The molecule has 4 aromatic carbocycles. The Hall–Kier alpha value is -7.18. The van der Waals surface area contributed by atoms with Crippen molar-refractivity contribution in [2.45, 2.75) is 64.8 Å². The first kappa shape index (κ1) is 52.2. The number of carbonyl (C=O) groups excluding carboxylic acids is 4.